The summed E-state index contributed by atoms with van der Waals surface area (Å²) < 4.78 is 0. The van der Waals surface area contributed by atoms with Crippen molar-refractivity contribution in [2.24, 2.45) is 0 Å². The first-order valence-electron chi connectivity index (χ1n) is 10.3. The lowest BCUT2D eigenvalue weighted by molar-refractivity contribution is 0.0893. The molecular weight excluding hydrogens is 360 g/mol. The first-order chi connectivity index (χ1) is 14.1. The molecule has 1 fully saturated rings. The number of carbonyl (C=O) groups excluding carboxylic acids is 2. The number of piperidine rings is 1. The first-order valence-corrected chi connectivity index (χ1v) is 10.3. The first kappa shape index (κ1) is 17.9. The Labute approximate surface area is 170 Å². The van der Waals surface area contributed by atoms with Crippen molar-refractivity contribution in [3.05, 3.63) is 70.8 Å². The maximum absolute atomic E-state index is 13.4. The Morgan fingerprint density at radius 3 is 2.17 bits per heavy atom. The molecule has 0 bridgehead atoms. The zero-order valence-corrected chi connectivity index (χ0v) is 16.9. The van der Waals surface area contributed by atoms with Crippen molar-refractivity contribution in [1.82, 2.24) is 0 Å². The van der Waals surface area contributed by atoms with E-state index in [1.165, 1.54) is 24.2 Å². The number of rotatable bonds is 2. The number of hydrogen-bond donors (Lipinski definition) is 0. The molecule has 0 unspecified atom stereocenters. The summed E-state index contributed by atoms with van der Waals surface area (Å²) in [4.78, 5) is 30.6. The highest BCUT2D eigenvalue weighted by molar-refractivity contribution is 6.36. The van der Waals surface area contributed by atoms with Crippen LogP contribution >= 0.6 is 0 Å². The zero-order valence-electron chi connectivity index (χ0n) is 16.9. The molecule has 0 aromatic heterocycles. The van der Waals surface area contributed by atoms with E-state index in [1.807, 2.05) is 56.3 Å². The van der Waals surface area contributed by atoms with Crippen LogP contribution in [0.3, 0.4) is 0 Å². The second-order valence-electron chi connectivity index (χ2n) is 8.14. The largest absolute Gasteiger partial charge is 0.371 e. The maximum atomic E-state index is 13.4. The van der Waals surface area contributed by atoms with Gasteiger partial charge in [0.15, 0.2) is 0 Å². The van der Waals surface area contributed by atoms with Gasteiger partial charge in [-0.1, -0.05) is 29.8 Å². The maximum Gasteiger partial charge on any atom is 0.265 e. The predicted molar refractivity (Wildman–Crippen MR) is 117 cm³/mol. The van der Waals surface area contributed by atoms with Gasteiger partial charge in [0.05, 0.1) is 5.69 Å². The highest BCUT2D eigenvalue weighted by Gasteiger charge is 2.35. The van der Waals surface area contributed by atoms with E-state index in [2.05, 4.69) is 11.0 Å². The molecule has 1 saturated heterocycles. The molecule has 2 amide bonds. The minimum absolute atomic E-state index is 0.240. The van der Waals surface area contributed by atoms with Crippen molar-refractivity contribution in [3.8, 4) is 0 Å². The third kappa shape index (κ3) is 2.74. The van der Waals surface area contributed by atoms with E-state index < -0.39 is 0 Å². The summed E-state index contributed by atoms with van der Waals surface area (Å²) >= 11 is 0. The van der Waals surface area contributed by atoms with E-state index in [0.717, 1.165) is 40.7 Å². The molecule has 0 N–H and O–H groups in total. The van der Waals surface area contributed by atoms with E-state index >= 15 is 0 Å². The van der Waals surface area contributed by atoms with Gasteiger partial charge in [0, 0.05) is 40.7 Å². The fourth-order valence-electron chi connectivity index (χ4n) is 4.77. The number of hydrogen-bond acceptors (Lipinski definition) is 3. The van der Waals surface area contributed by atoms with E-state index in [-0.39, 0.29) is 11.8 Å². The predicted octanol–water partition coefficient (Wildman–Crippen LogP) is 5.25. The van der Waals surface area contributed by atoms with Gasteiger partial charge in [0.25, 0.3) is 11.8 Å². The smallest absolute Gasteiger partial charge is 0.265 e. The monoisotopic (exact) mass is 384 g/mol. The Morgan fingerprint density at radius 2 is 1.45 bits per heavy atom. The average molecular weight is 384 g/mol. The molecule has 0 radical (unpaired) electrons. The fourth-order valence-corrected chi connectivity index (χ4v) is 4.77. The van der Waals surface area contributed by atoms with Gasteiger partial charge in [-0.25, -0.2) is 4.90 Å². The van der Waals surface area contributed by atoms with Crippen molar-refractivity contribution in [2.75, 3.05) is 22.9 Å². The minimum Gasteiger partial charge on any atom is -0.371 e. The number of aryl methyl sites for hydroxylation is 2. The van der Waals surface area contributed by atoms with Gasteiger partial charge < -0.3 is 4.90 Å². The van der Waals surface area contributed by atoms with Gasteiger partial charge in [0.1, 0.15) is 0 Å². The summed E-state index contributed by atoms with van der Waals surface area (Å²) in [6.07, 6.45) is 3.63. The summed E-state index contributed by atoms with van der Waals surface area (Å²) in [7, 11) is 0. The lowest BCUT2D eigenvalue weighted by Gasteiger charge is -2.32. The van der Waals surface area contributed by atoms with Crippen molar-refractivity contribution in [3.63, 3.8) is 0 Å². The topological polar surface area (TPSA) is 40.6 Å². The number of nitrogens with zero attached hydrogens (tertiary/aromatic N) is 2. The third-order valence-corrected chi connectivity index (χ3v) is 6.17. The van der Waals surface area contributed by atoms with Crippen LogP contribution < -0.4 is 9.80 Å². The molecule has 29 heavy (non-hydrogen) atoms. The normalized spacial score (nSPS) is 16.6. The molecule has 0 spiro atoms. The summed E-state index contributed by atoms with van der Waals surface area (Å²) in [5.41, 5.74) is 5.04. The van der Waals surface area contributed by atoms with Crippen LogP contribution in [-0.4, -0.2) is 24.9 Å². The van der Waals surface area contributed by atoms with Gasteiger partial charge >= 0.3 is 0 Å². The van der Waals surface area contributed by atoms with Crippen LogP contribution in [0, 0.1) is 13.8 Å². The molecule has 4 heteroatoms. The van der Waals surface area contributed by atoms with Gasteiger partial charge in [-0.15, -0.1) is 0 Å². The standard InChI is InChI=1S/C25H24N2O2/c1-16-9-11-21(17(2)15-16)27-24(28)19-8-6-7-18-22(26-13-4-3-5-14-26)12-10-20(23(18)19)25(27)29/h6-12,15H,3-5,13-14H2,1-2H3. The zero-order chi connectivity index (χ0) is 20.1. The lowest BCUT2D eigenvalue weighted by Crippen LogP contribution is -2.41. The Balaban J connectivity index is 1.69. The molecule has 4 nitrogen and oxygen atoms in total. The quantitative estimate of drug-likeness (QED) is 0.567. The van der Waals surface area contributed by atoms with Crippen LogP contribution in [0.25, 0.3) is 10.8 Å². The second kappa shape index (κ2) is 6.73. The molecule has 2 aliphatic rings. The van der Waals surface area contributed by atoms with E-state index in [9.17, 15) is 9.59 Å². The Morgan fingerprint density at radius 1 is 0.759 bits per heavy atom. The van der Waals surface area contributed by atoms with Crippen LogP contribution in [0.5, 0.6) is 0 Å². The molecule has 0 aliphatic carbocycles. The molecule has 2 heterocycles. The Hall–Kier alpha value is -3.14. The van der Waals surface area contributed by atoms with E-state index in [4.69, 9.17) is 0 Å². The van der Waals surface area contributed by atoms with Crippen LogP contribution in [0.1, 0.15) is 51.1 Å². The number of amides is 2. The Bertz CT molecular complexity index is 1140. The average Bonchev–Trinajstić information content (AvgIpc) is 2.73. The van der Waals surface area contributed by atoms with Crippen molar-refractivity contribution in [2.45, 2.75) is 33.1 Å². The van der Waals surface area contributed by atoms with E-state index in [0.29, 0.717) is 16.8 Å². The van der Waals surface area contributed by atoms with Crippen LogP contribution in [0.4, 0.5) is 11.4 Å². The molecule has 0 atom stereocenters. The molecule has 3 aromatic carbocycles. The molecule has 5 rings (SSSR count). The Kier molecular flexibility index (Phi) is 4.16. The van der Waals surface area contributed by atoms with E-state index in [1.54, 1.807) is 0 Å². The fraction of sp³-hybridized carbons (Fsp3) is 0.280. The highest BCUT2D eigenvalue weighted by Crippen LogP contribution is 2.38. The van der Waals surface area contributed by atoms with Crippen molar-refractivity contribution in [1.29, 1.82) is 0 Å². The van der Waals surface area contributed by atoms with Gasteiger partial charge in [0.2, 0.25) is 0 Å². The highest BCUT2D eigenvalue weighted by atomic mass is 16.2. The van der Waals surface area contributed by atoms with Crippen LogP contribution in [0.15, 0.2) is 48.5 Å². The third-order valence-electron chi connectivity index (χ3n) is 6.17. The summed E-state index contributed by atoms with van der Waals surface area (Å²) in [6, 6.07) is 15.6. The molecule has 0 saturated carbocycles. The minimum atomic E-state index is -0.240. The molecule has 146 valence electrons. The van der Waals surface area contributed by atoms with Crippen LogP contribution in [0.2, 0.25) is 0 Å². The number of imide groups is 1. The summed E-state index contributed by atoms with van der Waals surface area (Å²) in [6.45, 7) is 6.00. The molecular formula is C25H24N2O2. The lowest BCUT2D eigenvalue weighted by atomic mass is 9.91. The summed E-state index contributed by atoms with van der Waals surface area (Å²) in [5, 5.41) is 1.80. The van der Waals surface area contributed by atoms with Gasteiger partial charge in [-0.05, 0) is 62.9 Å². The number of anilines is 2. The van der Waals surface area contributed by atoms with Gasteiger partial charge in [-0.3, -0.25) is 9.59 Å². The van der Waals surface area contributed by atoms with Crippen molar-refractivity contribution >= 4 is 34.0 Å². The number of carbonyl (C=O) groups is 2. The SMILES string of the molecule is Cc1ccc(N2C(=O)c3cccc4c(N5CCCCC5)ccc(c34)C2=O)c(C)c1. The number of benzene rings is 3. The van der Waals surface area contributed by atoms with Crippen molar-refractivity contribution < 1.29 is 9.59 Å². The second-order valence-corrected chi connectivity index (χ2v) is 8.14. The molecule has 2 aliphatic heterocycles. The van der Waals surface area contributed by atoms with Gasteiger partial charge in [-0.2, -0.15) is 0 Å². The van der Waals surface area contributed by atoms with Crippen LogP contribution in [-0.2, 0) is 0 Å². The summed E-state index contributed by atoms with van der Waals surface area (Å²) in [5.74, 6) is -0.480. The molecule has 3 aromatic rings.